The Hall–Kier alpha value is -0.740. The summed E-state index contributed by atoms with van der Waals surface area (Å²) in [5.41, 5.74) is 0.582. The number of barbiturate groups is 1. The second-order valence-corrected chi connectivity index (χ2v) is 6.43. The Morgan fingerprint density at radius 2 is 1.63 bits per heavy atom. The molecule has 2 rings (SSSR count). The standard InChI is InChI=1S/C11H5Br2IN2O3/c12-5-1-4(8(14)7(13)3-5)2-6-9(17)15-11(19)16-10(6)18/h1-3H,(H2,15,16,17,18,19). The van der Waals surface area contributed by atoms with Gasteiger partial charge in [-0.3, -0.25) is 20.2 Å². The van der Waals surface area contributed by atoms with Gasteiger partial charge in [-0.15, -0.1) is 0 Å². The van der Waals surface area contributed by atoms with Crippen molar-refractivity contribution in [1.82, 2.24) is 10.6 Å². The van der Waals surface area contributed by atoms with Gasteiger partial charge in [0.05, 0.1) is 0 Å². The summed E-state index contributed by atoms with van der Waals surface area (Å²) in [6.07, 6.45) is 1.44. The Balaban J connectivity index is 2.49. The fourth-order valence-electron chi connectivity index (χ4n) is 1.44. The van der Waals surface area contributed by atoms with E-state index in [9.17, 15) is 14.4 Å². The van der Waals surface area contributed by atoms with Crippen LogP contribution in [0.15, 0.2) is 26.7 Å². The Morgan fingerprint density at radius 1 is 1.05 bits per heavy atom. The van der Waals surface area contributed by atoms with Gasteiger partial charge in [-0.1, -0.05) is 15.9 Å². The van der Waals surface area contributed by atoms with E-state index in [2.05, 4.69) is 54.5 Å². The van der Waals surface area contributed by atoms with Crippen molar-refractivity contribution in [3.63, 3.8) is 0 Å². The van der Waals surface area contributed by atoms with Crippen molar-refractivity contribution in [3.8, 4) is 0 Å². The lowest BCUT2D eigenvalue weighted by Crippen LogP contribution is -2.51. The highest BCUT2D eigenvalue weighted by Crippen LogP contribution is 2.29. The number of carbonyl (C=O) groups excluding carboxylic acids is 3. The Bertz CT molecular complexity index is 621. The minimum absolute atomic E-state index is 0.109. The van der Waals surface area contributed by atoms with E-state index in [4.69, 9.17) is 0 Å². The molecular weight excluding hydrogens is 495 g/mol. The summed E-state index contributed by atoms with van der Waals surface area (Å²) in [5, 5.41) is 4.05. The van der Waals surface area contributed by atoms with E-state index in [1.54, 1.807) is 6.07 Å². The van der Waals surface area contributed by atoms with Gasteiger partial charge in [-0.25, -0.2) is 4.79 Å². The van der Waals surface area contributed by atoms with E-state index in [1.807, 2.05) is 16.7 Å². The lowest BCUT2D eigenvalue weighted by Gasteiger charge is -2.14. The number of halogens is 3. The van der Waals surface area contributed by atoms with Gasteiger partial charge in [0.1, 0.15) is 5.57 Å². The smallest absolute Gasteiger partial charge is 0.273 e. The predicted molar refractivity (Wildman–Crippen MR) is 84.2 cm³/mol. The van der Waals surface area contributed by atoms with Crippen LogP contribution in [0.4, 0.5) is 4.79 Å². The van der Waals surface area contributed by atoms with E-state index in [1.165, 1.54) is 6.08 Å². The monoisotopic (exact) mass is 498 g/mol. The summed E-state index contributed by atoms with van der Waals surface area (Å²) in [6, 6.07) is 2.82. The van der Waals surface area contributed by atoms with Gasteiger partial charge < -0.3 is 0 Å². The van der Waals surface area contributed by atoms with Crippen LogP contribution in [0.25, 0.3) is 6.08 Å². The topological polar surface area (TPSA) is 75.3 Å². The Labute approximate surface area is 138 Å². The molecule has 0 radical (unpaired) electrons. The quantitative estimate of drug-likeness (QED) is 0.270. The second kappa shape index (κ2) is 5.71. The minimum Gasteiger partial charge on any atom is -0.273 e. The molecule has 0 bridgehead atoms. The Kier molecular flexibility index (Phi) is 4.41. The summed E-state index contributed by atoms with van der Waals surface area (Å²) in [7, 11) is 0. The molecule has 0 aliphatic carbocycles. The molecule has 5 nitrogen and oxygen atoms in total. The highest BCUT2D eigenvalue weighted by Gasteiger charge is 2.27. The van der Waals surface area contributed by atoms with Crippen molar-refractivity contribution >= 4 is 78.4 Å². The minimum atomic E-state index is -0.808. The molecule has 1 aliphatic heterocycles. The number of nitrogens with one attached hydrogen (secondary N) is 2. The van der Waals surface area contributed by atoms with E-state index >= 15 is 0 Å². The van der Waals surface area contributed by atoms with Crippen molar-refractivity contribution in [2.75, 3.05) is 0 Å². The molecule has 1 aromatic rings. The molecule has 1 aromatic carbocycles. The maximum Gasteiger partial charge on any atom is 0.328 e. The van der Waals surface area contributed by atoms with Gasteiger partial charge in [0.2, 0.25) is 0 Å². The van der Waals surface area contributed by atoms with E-state index < -0.39 is 17.8 Å². The van der Waals surface area contributed by atoms with Gasteiger partial charge in [-0.2, -0.15) is 0 Å². The summed E-state index contributed by atoms with van der Waals surface area (Å²) >= 11 is 8.81. The average molecular weight is 500 g/mol. The van der Waals surface area contributed by atoms with Crippen LogP contribution in [0.2, 0.25) is 0 Å². The highest BCUT2D eigenvalue weighted by atomic mass is 127. The fourth-order valence-corrected chi connectivity index (χ4v) is 3.17. The number of hydrogen-bond donors (Lipinski definition) is 2. The molecule has 0 atom stereocenters. The first-order valence-electron chi connectivity index (χ1n) is 4.91. The van der Waals surface area contributed by atoms with E-state index in [-0.39, 0.29) is 5.57 Å². The maximum absolute atomic E-state index is 11.6. The fraction of sp³-hybridized carbons (Fsp3) is 0. The Morgan fingerprint density at radius 3 is 2.21 bits per heavy atom. The third-order valence-electron chi connectivity index (χ3n) is 2.26. The first kappa shape index (κ1) is 14.7. The van der Waals surface area contributed by atoms with Crippen molar-refractivity contribution < 1.29 is 14.4 Å². The molecule has 8 heteroatoms. The third kappa shape index (κ3) is 3.23. The van der Waals surface area contributed by atoms with Crippen molar-refractivity contribution in [2.24, 2.45) is 0 Å². The summed E-state index contributed by atoms with van der Waals surface area (Å²) in [5.74, 6) is -1.42. The van der Waals surface area contributed by atoms with Gasteiger partial charge in [0, 0.05) is 12.5 Å². The molecule has 98 valence electrons. The molecule has 0 unspecified atom stereocenters. The van der Waals surface area contributed by atoms with Crippen molar-refractivity contribution in [3.05, 3.63) is 35.8 Å². The number of carbonyl (C=O) groups is 3. The molecule has 0 saturated carbocycles. The molecule has 1 saturated heterocycles. The highest BCUT2D eigenvalue weighted by molar-refractivity contribution is 14.1. The summed E-state index contributed by atoms with van der Waals surface area (Å²) in [6.45, 7) is 0. The first-order chi connectivity index (χ1) is 8.88. The van der Waals surface area contributed by atoms with Gasteiger partial charge >= 0.3 is 6.03 Å². The number of amides is 4. The van der Waals surface area contributed by atoms with Crippen molar-refractivity contribution in [1.29, 1.82) is 0 Å². The number of benzene rings is 1. The van der Waals surface area contributed by atoms with Gasteiger partial charge in [-0.05, 0) is 62.3 Å². The molecule has 4 amide bonds. The van der Waals surface area contributed by atoms with E-state index in [0.717, 1.165) is 12.5 Å². The molecule has 19 heavy (non-hydrogen) atoms. The van der Waals surface area contributed by atoms with Crippen LogP contribution in [0.3, 0.4) is 0 Å². The number of imide groups is 2. The van der Waals surface area contributed by atoms with Crippen LogP contribution in [0.5, 0.6) is 0 Å². The third-order valence-corrected chi connectivity index (χ3v) is 5.29. The average Bonchev–Trinajstić information content (AvgIpc) is 2.29. The zero-order chi connectivity index (χ0) is 14.2. The number of rotatable bonds is 1. The molecule has 1 heterocycles. The normalized spacial score (nSPS) is 15.1. The summed E-state index contributed by atoms with van der Waals surface area (Å²) < 4.78 is 2.49. The molecule has 1 aliphatic rings. The predicted octanol–water partition coefficient (Wildman–Crippen LogP) is 2.57. The molecular formula is C11H5Br2IN2O3. The second-order valence-electron chi connectivity index (χ2n) is 3.59. The molecule has 0 aromatic heterocycles. The lowest BCUT2D eigenvalue weighted by atomic mass is 10.1. The molecule has 0 spiro atoms. The molecule has 2 N–H and O–H groups in total. The van der Waals surface area contributed by atoms with Crippen LogP contribution in [-0.4, -0.2) is 17.8 Å². The largest absolute Gasteiger partial charge is 0.328 e. The van der Waals surface area contributed by atoms with E-state index in [0.29, 0.717) is 5.56 Å². The SMILES string of the molecule is O=C1NC(=O)C(=Cc2cc(Br)cc(Br)c2I)C(=O)N1. The van der Waals surface area contributed by atoms with Crippen LogP contribution in [0.1, 0.15) is 5.56 Å². The zero-order valence-corrected chi connectivity index (χ0v) is 14.4. The van der Waals surface area contributed by atoms with Crippen LogP contribution >= 0.6 is 54.5 Å². The van der Waals surface area contributed by atoms with Gasteiger partial charge in [0.15, 0.2) is 0 Å². The van der Waals surface area contributed by atoms with Crippen molar-refractivity contribution in [2.45, 2.75) is 0 Å². The van der Waals surface area contributed by atoms with Crippen LogP contribution < -0.4 is 10.6 Å². The summed E-state index contributed by atoms with van der Waals surface area (Å²) in [4.78, 5) is 34.2. The molecule has 1 fully saturated rings. The zero-order valence-electron chi connectivity index (χ0n) is 9.09. The lowest BCUT2D eigenvalue weighted by molar-refractivity contribution is -0.123. The maximum atomic E-state index is 11.6. The number of urea groups is 1. The first-order valence-corrected chi connectivity index (χ1v) is 7.58. The van der Waals surface area contributed by atoms with Crippen LogP contribution in [0, 0.1) is 3.57 Å². The van der Waals surface area contributed by atoms with Gasteiger partial charge in [0.25, 0.3) is 11.8 Å². The van der Waals surface area contributed by atoms with Crippen LogP contribution in [-0.2, 0) is 9.59 Å². The number of hydrogen-bond acceptors (Lipinski definition) is 3.